The van der Waals surface area contributed by atoms with E-state index < -0.39 is 6.09 Å². The molecule has 1 rings (SSSR count). The van der Waals surface area contributed by atoms with Gasteiger partial charge in [0, 0.05) is 19.4 Å². The number of amides is 1. The van der Waals surface area contributed by atoms with E-state index in [4.69, 9.17) is 4.74 Å². The Kier molecular flexibility index (Phi) is 2.46. The van der Waals surface area contributed by atoms with Gasteiger partial charge in [0.15, 0.2) is 0 Å². The average molecular weight is 157 g/mol. The van der Waals surface area contributed by atoms with Gasteiger partial charge in [0.25, 0.3) is 0 Å². The van der Waals surface area contributed by atoms with Crippen LogP contribution in [0.25, 0.3) is 0 Å². The summed E-state index contributed by atoms with van der Waals surface area (Å²) in [7, 11) is 0. The molecule has 0 aliphatic carbocycles. The SMILES string of the molecule is CC(=O)CC1CCNC(=O)O1. The molecular formula is C7H11NO3. The molecule has 1 unspecified atom stereocenters. The van der Waals surface area contributed by atoms with E-state index >= 15 is 0 Å². The molecule has 1 amide bonds. The summed E-state index contributed by atoms with van der Waals surface area (Å²) in [5, 5.41) is 2.51. The quantitative estimate of drug-likeness (QED) is 0.633. The van der Waals surface area contributed by atoms with E-state index in [-0.39, 0.29) is 11.9 Å². The summed E-state index contributed by atoms with van der Waals surface area (Å²) in [6.07, 6.45) is 0.447. The smallest absolute Gasteiger partial charge is 0.407 e. The number of Topliss-reactive ketones (excluding diaryl/α,β-unsaturated/α-hetero) is 1. The second-order valence-corrected chi connectivity index (χ2v) is 2.65. The highest BCUT2D eigenvalue weighted by Gasteiger charge is 2.20. The number of ether oxygens (including phenoxy) is 1. The van der Waals surface area contributed by atoms with E-state index in [1.165, 1.54) is 6.92 Å². The zero-order valence-electron chi connectivity index (χ0n) is 6.42. The fourth-order valence-electron chi connectivity index (χ4n) is 1.05. The standard InChI is InChI=1S/C7H11NO3/c1-5(9)4-6-2-3-8-7(10)11-6/h6H,2-4H2,1H3,(H,8,10). The van der Waals surface area contributed by atoms with Crippen LogP contribution in [0.5, 0.6) is 0 Å². The lowest BCUT2D eigenvalue weighted by molar-refractivity contribution is -0.119. The summed E-state index contributed by atoms with van der Waals surface area (Å²) in [6, 6.07) is 0. The molecule has 4 heteroatoms. The molecule has 4 nitrogen and oxygen atoms in total. The van der Waals surface area contributed by atoms with E-state index in [0.29, 0.717) is 13.0 Å². The molecule has 1 aliphatic rings. The number of alkyl carbamates (subject to hydrolysis) is 1. The van der Waals surface area contributed by atoms with Crippen molar-refractivity contribution in [3.8, 4) is 0 Å². The Morgan fingerprint density at radius 3 is 3.09 bits per heavy atom. The molecule has 0 spiro atoms. The van der Waals surface area contributed by atoms with Crippen LogP contribution in [0.1, 0.15) is 19.8 Å². The maximum atomic E-state index is 10.6. The van der Waals surface area contributed by atoms with Gasteiger partial charge in [0.1, 0.15) is 11.9 Å². The fourth-order valence-corrected chi connectivity index (χ4v) is 1.05. The summed E-state index contributed by atoms with van der Waals surface area (Å²) in [5.41, 5.74) is 0. The maximum absolute atomic E-state index is 10.6. The van der Waals surface area contributed by atoms with Gasteiger partial charge in [-0.25, -0.2) is 4.79 Å². The van der Waals surface area contributed by atoms with Gasteiger partial charge < -0.3 is 10.1 Å². The second kappa shape index (κ2) is 3.37. The van der Waals surface area contributed by atoms with Crippen molar-refractivity contribution >= 4 is 11.9 Å². The van der Waals surface area contributed by atoms with Gasteiger partial charge in [-0.15, -0.1) is 0 Å². The molecule has 0 aromatic rings. The summed E-state index contributed by atoms with van der Waals surface area (Å²) in [6.45, 7) is 2.10. The van der Waals surface area contributed by atoms with E-state index in [0.717, 1.165) is 6.42 Å². The third-order valence-corrected chi connectivity index (χ3v) is 1.52. The third-order valence-electron chi connectivity index (χ3n) is 1.52. The Bertz CT molecular complexity index is 177. The van der Waals surface area contributed by atoms with Crippen LogP contribution in [0.15, 0.2) is 0 Å². The lowest BCUT2D eigenvalue weighted by Gasteiger charge is -2.21. The maximum Gasteiger partial charge on any atom is 0.407 e. The van der Waals surface area contributed by atoms with Gasteiger partial charge in [0.05, 0.1) is 0 Å². The lowest BCUT2D eigenvalue weighted by Crippen LogP contribution is -2.38. The third kappa shape index (κ3) is 2.57. The van der Waals surface area contributed by atoms with Crippen molar-refractivity contribution < 1.29 is 14.3 Å². The van der Waals surface area contributed by atoms with Crippen LogP contribution in [0.3, 0.4) is 0 Å². The van der Waals surface area contributed by atoms with Crippen LogP contribution < -0.4 is 5.32 Å². The van der Waals surface area contributed by atoms with Gasteiger partial charge in [-0.05, 0) is 6.92 Å². The normalized spacial score (nSPS) is 23.7. The molecule has 1 fully saturated rings. The first-order chi connectivity index (χ1) is 5.18. The number of ketones is 1. The van der Waals surface area contributed by atoms with Crippen molar-refractivity contribution in [2.24, 2.45) is 0 Å². The van der Waals surface area contributed by atoms with E-state index in [2.05, 4.69) is 5.32 Å². The number of rotatable bonds is 2. The highest BCUT2D eigenvalue weighted by atomic mass is 16.6. The molecule has 1 heterocycles. The predicted molar refractivity (Wildman–Crippen MR) is 38.2 cm³/mol. The van der Waals surface area contributed by atoms with Crippen LogP contribution in [0, 0.1) is 0 Å². The highest BCUT2D eigenvalue weighted by molar-refractivity contribution is 5.77. The highest BCUT2D eigenvalue weighted by Crippen LogP contribution is 2.08. The van der Waals surface area contributed by atoms with Crippen molar-refractivity contribution in [2.75, 3.05) is 6.54 Å². The summed E-state index contributed by atoms with van der Waals surface area (Å²) in [5.74, 6) is 0.0599. The number of carbonyl (C=O) groups excluding carboxylic acids is 2. The van der Waals surface area contributed by atoms with Gasteiger partial charge in [-0.3, -0.25) is 4.79 Å². The Labute approximate surface area is 64.9 Å². The largest absolute Gasteiger partial charge is 0.446 e. The van der Waals surface area contributed by atoms with Crippen LogP contribution in [-0.2, 0) is 9.53 Å². The Balaban J connectivity index is 2.34. The topological polar surface area (TPSA) is 55.4 Å². The minimum atomic E-state index is -0.414. The fraction of sp³-hybridized carbons (Fsp3) is 0.714. The van der Waals surface area contributed by atoms with Crippen molar-refractivity contribution in [3.63, 3.8) is 0 Å². The molecule has 0 aromatic carbocycles. The number of nitrogens with one attached hydrogen (secondary N) is 1. The van der Waals surface area contributed by atoms with E-state index in [1.54, 1.807) is 0 Å². The van der Waals surface area contributed by atoms with Crippen molar-refractivity contribution in [2.45, 2.75) is 25.9 Å². The van der Waals surface area contributed by atoms with Crippen molar-refractivity contribution in [3.05, 3.63) is 0 Å². The molecule has 1 aliphatic heterocycles. The first kappa shape index (κ1) is 8.04. The molecule has 1 saturated heterocycles. The van der Waals surface area contributed by atoms with Crippen molar-refractivity contribution in [1.29, 1.82) is 0 Å². The van der Waals surface area contributed by atoms with Gasteiger partial charge >= 0.3 is 6.09 Å². The first-order valence-corrected chi connectivity index (χ1v) is 3.62. The molecule has 62 valence electrons. The van der Waals surface area contributed by atoms with Gasteiger partial charge in [0.2, 0.25) is 0 Å². The zero-order valence-corrected chi connectivity index (χ0v) is 6.42. The zero-order chi connectivity index (χ0) is 8.27. The van der Waals surface area contributed by atoms with E-state index in [1.807, 2.05) is 0 Å². The van der Waals surface area contributed by atoms with Crippen molar-refractivity contribution in [1.82, 2.24) is 5.32 Å². The van der Waals surface area contributed by atoms with Crippen LogP contribution in [-0.4, -0.2) is 24.5 Å². The monoisotopic (exact) mass is 157 g/mol. The summed E-state index contributed by atoms with van der Waals surface area (Å²) >= 11 is 0. The van der Waals surface area contributed by atoms with Crippen LogP contribution in [0.2, 0.25) is 0 Å². The summed E-state index contributed by atoms with van der Waals surface area (Å²) in [4.78, 5) is 21.2. The Morgan fingerprint density at radius 1 is 1.82 bits per heavy atom. The number of hydrogen-bond donors (Lipinski definition) is 1. The van der Waals surface area contributed by atoms with Gasteiger partial charge in [-0.1, -0.05) is 0 Å². The van der Waals surface area contributed by atoms with E-state index in [9.17, 15) is 9.59 Å². The molecule has 0 aromatic heterocycles. The minimum absolute atomic E-state index is 0.0599. The van der Waals surface area contributed by atoms with Crippen LogP contribution in [0.4, 0.5) is 4.79 Å². The Hall–Kier alpha value is -1.06. The molecule has 0 radical (unpaired) electrons. The minimum Gasteiger partial charge on any atom is -0.446 e. The molecule has 1 atom stereocenters. The summed E-state index contributed by atoms with van der Waals surface area (Å²) < 4.78 is 4.83. The molecule has 11 heavy (non-hydrogen) atoms. The van der Waals surface area contributed by atoms with Gasteiger partial charge in [-0.2, -0.15) is 0 Å². The lowest BCUT2D eigenvalue weighted by atomic mass is 10.1. The molecule has 0 bridgehead atoms. The number of carbonyl (C=O) groups is 2. The number of cyclic esters (lactones) is 1. The molecule has 0 saturated carbocycles. The molecular weight excluding hydrogens is 146 g/mol. The number of hydrogen-bond acceptors (Lipinski definition) is 3. The molecule has 1 N–H and O–H groups in total. The van der Waals surface area contributed by atoms with Crippen LogP contribution >= 0.6 is 0 Å². The Morgan fingerprint density at radius 2 is 2.55 bits per heavy atom. The predicted octanol–water partition coefficient (Wildman–Crippen LogP) is 0.464. The average Bonchev–Trinajstić information content (AvgIpc) is 1.85. The first-order valence-electron chi connectivity index (χ1n) is 3.62. The second-order valence-electron chi connectivity index (χ2n) is 2.65.